The Labute approximate surface area is 115 Å². The number of nitrogens with one attached hydrogen (secondary N) is 1. The fourth-order valence-electron chi connectivity index (χ4n) is 1.81. The van der Waals surface area contributed by atoms with Crippen molar-refractivity contribution in [2.45, 2.75) is 45.1 Å². The van der Waals surface area contributed by atoms with E-state index >= 15 is 0 Å². The van der Waals surface area contributed by atoms with E-state index in [1.165, 1.54) is 0 Å². The van der Waals surface area contributed by atoms with Crippen LogP contribution >= 0.6 is 0 Å². The second kappa shape index (κ2) is 6.27. The van der Waals surface area contributed by atoms with Gasteiger partial charge in [0.1, 0.15) is 5.82 Å². The van der Waals surface area contributed by atoms with Crippen LogP contribution in [0.15, 0.2) is 4.90 Å². The molecule has 0 spiro atoms. The summed E-state index contributed by atoms with van der Waals surface area (Å²) >= 11 is 0. The van der Waals surface area contributed by atoms with E-state index < -0.39 is 9.84 Å². The van der Waals surface area contributed by atoms with E-state index in [9.17, 15) is 8.42 Å². The Balaban J connectivity index is 3.13. The highest BCUT2D eigenvalue weighted by Crippen LogP contribution is 2.27. The summed E-state index contributed by atoms with van der Waals surface area (Å²) in [6.45, 7) is 7.43. The lowest BCUT2D eigenvalue weighted by atomic mass is 10.2. The van der Waals surface area contributed by atoms with Gasteiger partial charge in [0.15, 0.2) is 20.6 Å². The van der Waals surface area contributed by atoms with Crippen LogP contribution in [0.3, 0.4) is 0 Å². The lowest BCUT2D eigenvalue weighted by Crippen LogP contribution is -2.10. The zero-order valence-corrected chi connectivity index (χ0v) is 12.9. The number of nitrogens with two attached hydrogens (primary N) is 1. The van der Waals surface area contributed by atoms with Gasteiger partial charge in [0.25, 0.3) is 0 Å². The van der Waals surface area contributed by atoms with Crippen LogP contribution in [0.5, 0.6) is 0 Å². The minimum absolute atomic E-state index is 0.115. The molecule has 1 aromatic heterocycles. The predicted molar refractivity (Wildman–Crippen MR) is 78.0 cm³/mol. The normalized spacial score (nSPS) is 12.1. The molecule has 0 unspecified atom stereocenters. The van der Waals surface area contributed by atoms with Crippen molar-refractivity contribution in [3.8, 4) is 0 Å². The van der Waals surface area contributed by atoms with Gasteiger partial charge in [0.05, 0.1) is 0 Å². The summed E-state index contributed by atoms with van der Waals surface area (Å²) in [6.07, 6.45) is 3.15. The largest absolute Gasteiger partial charge is 0.383 e. The minimum atomic E-state index is -3.39. The summed E-state index contributed by atoms with van der Waals surface area (Å²) in [6, 6.07) is 0. The van der Waals surface area contributed by atoms with E-state index in [2.05, 4.69) is 17.3 Å². The van der Waals surface area contributed by atoms with Crippen molar-refractivity contribution in [2.75, 3.05) is 23.9 Å². The number of unbranched alkanes of at least 4 members (excludes halogenated alkanes) is 1. The van der Waals surface area contributed by atoms with Crippen molar-refractivity contribution < 1.29 is 8.42 Å². The van der Waals surface area contributed by atoms with Crippen LogP contribution < -0.4 is 11.1 Å². The van der Waals surface area contributed by atoms with E-state index in [0.717, 1.165) is 19.1 Å². The lowest BCUT2D eigenvalue weighted by molar-refractivity contribution is 0.489. The third-order valence-electron chi connectivity index (χ3n) is 2.68. The number of sulfone groups is 1. The Morgan fingerprint density at radius 2 is 2.05 bits per heavy atom. The number of anilines is 2. The Morgan fingerprint density at radius 1 is 1.42 bits per heavy atom. The van der Waals surface area contributed by atoms with Gasteiger partial charge in [-0.15, -0.1) is 0 Å². The van der Waals surface area contributed by atoms with Gasteiger partial charge in [-0.1, -0.05) is 27.2 Å². The zero-order valence-electron chi connectivity index (χ0n) is 12.1. The number of nitrogens with zero attached hydrogens (tertiary/aromatic N) is 2. The molecule has 0 bridgehead atoms. The standard InChI is InChI=1S/C12H24N4O2S/c1-5-6-7-14-12-10(19(4,17)18)11(13)16(15-12)8-9(2)3/h9H,5-8,13H2,1-4H3,(H,14,15). The van der Waals surface area contributed by atoms with Crippen LogP contribution in [0.2, 0.25) is 0 Å². The summed E-state index contributed by atoms with van der Waals surface area (Å²) in [5.74, 6) is 0.933. The Hall–Kier alpha value is -1.24. The monoisotopic (exact) mass is 288 g/mol. The van der Waals surface area contributed by atoms with Crippen LogP contribution in [0.4, 0.5) is 11.6 Å². The number of hydrogen-bond acceptors (Lipinski definition) is 5. The molecule has 0 aliphatic heterocycles. The molecule has 7 heteroatoms. The molecule has 6 nitrogen and oxygen atoms in total. The molecule has 1 rings (SSSR count). The smallest absolute Gasteiger partial charge is 0.182 e. The molecule has 0 aromatic carbocycles. The molecule has 0 amide bonds. The van der Waals surface area contributed by atoms with Crippen molar-refractivity contribution >= 4 is 21.5 Å². The van der Waals surface area contributed by atoms with Crippen molar-refractivity contribution in [1.29, 1.82) is 0 Å². The third kappa shape index (κ3) is 4.12. The fraction of sp³-hybridized carbons (Fsp3) is 0.750. The van der Waals surface area contributed by atoms with Crippen LogP contribution in [0.25, 0.3) is 0 Å². The summed E-state index contributed by atoms with van der Waals surface area (Å²) in [5.41, 5.74) is 5.92. The molecule has 0 saturated carbocycles. The van der Waals surface area contributed by atoms with Gasteiger partial charge in [-0.25, -0.2) is 13.1 Å². The quantitative estimate of drug-likeness (QED) is 0.746. The van der Waals surface area contributed by atoms with Gasteiger partial charge in [-0.05, 0) is 12.3 Å². The van der Waals surface area contributed by atoms with E-state index in [0.29, 0.717) is 24.8 Å². The van der Waals surface area contributed by atoms with Crippen molar-refractivity contribution in [2.24, 2.45) is 5.92 Å². The Kier molecular flexibility index (Phi) is 5.22. The number of aromatic nitrogens is 2. The molecule has 0 fully saturated rings. The second-order valence-electron chi connectivity index (χ2n) is 5.19. The highest BCUT2D eigenvalue weighted by atomic mass is 32.2. The second-order valence-corrected chi connectivity index (χ2v) is 7.14. The van der Waals surface area contributed by atoms with Crippen LogP contribution in [-0.2, 0) is 16.4 Å². The average Bonchev–Trinajstić information content (AvgIpc) is 2.54. The molecule has 0 radical (unpaired) electrons. The maximum atomic E-state index is 11.8. The number of rotatable bonds is 7. The van der Waals surface area contributed by atoms with Crippen molar-refractivity contribution in [3.63, 3.8) is 0 Å². The van der Waals surface area contributed by atoms with Gasteiger partial charge in [0.2, 0.25) is 0 Å². The predicted octanol–water partition coefficient (Wildman–Crippen LogP) is 1.74. The fourth-order valence-corrected chi connectivity index (χ4v) is 2.76. The SMILES string of the molecule is CCCCNc1nn(CC(C)C)c(N)c1S(C)(=O)=O. The maximum absolute atomic E-state index is 11.8. The minimum Gasteiger partial charge on any atom is -0.383 e. The van der Waals surface area contributed by atoms with Crippen LogP contribution in [0.1, 0.15) is 33.6 Å². The molecule has 0 saturated heterocycles. The molecule has 1 aromatic rings. The molecule has 0 aliphatic carbocycles. The van der Waals surface area contributed by atoms with Crippen molar-refractivity contribution in [1.82, 2.24) is 9.78 Å². The van der Waals surface area contributed by atoms with E-state index in [4.69, 9.17) is 5.73 Å². The van der Waals surface area contributed by atoms with Gasteiger partial charge in [-0.3, -0.25) is 0 Å². The Morgan fingerprint density at radius 3 is 2.53 bits per heavy atom. The molecular formula is C12H24N4O2S. The molecule has 1 heterocycles. The first-order valence-electron chi connectivity index (χ1n) is 6.57. The summed E-state index contributed by atoms with van der Waals surface area (Å²) in [7, 11) is -3.39. The van der Waals surface area contributed by atoms with Gasteiger partial charge >= 0.3 is 0 Å². The maximum Gasteiger partial charge on any atom is 0.182 e. The summed E-state index contributed by atoms with van der Waals surface area (Å²) in [5, 5.41) is 7.35. The van der Waals surface area contributed by atoms with E-state index in [1.54, 1.807) is 4.68 Å². The first-order valence-corrected chi connectivity index (χ1v) is 8.46. The topological polar surface area (TPSA) is 90.0 Å². The highest BCUT2D eigenvalue weighted by molar-refractivity contribution is 7.91. The van der Waals surface area contributed by atoms with Gasteiger partial charge in [-0.2, -0.15) is 5.10 Å². The average molecular weight is 288 g/mol. The van der Waals surface area contributed by atoms with Gasteiger partial charge < -0.3 is 11.1 Å². The van der Waals surface area contributed by atoms with Crippen LogP contribution in [-0.4, -0.2) is 31.0 Å². The molecule has 19 heavy (non-hydrogen) atoms. The first kappa shape index (κ1) is 15.8. The third-order valence-corrected chi connectivity index (χ3v) is 3.82. The van der Waals surface area contributed by atoms with Crippen LogP contribution in [0, 0.1) is 5.92 Å². The van der Waals surface area contributed by atoms with Crippen molar-refractivity contribution in [3.05, 3.63) is 0 Å². The highest BCUT2D eigenvalue weighted by Gasteiger charge is 2.24. The summed E-state index contributed by atoms with van der Waals surface area (Å²) < 4.78 is 25.2. The summed E-state index contributed by atoms with van der Waals surface area (Å²) in [4.78, 5) is 0.115. The first-order chi connectivity index (χ1) is 8.77. The molecule has 3 N–H and O–H groups in total. The molecule has 110 valence electrons. The van der Waals surface area contributed by atoms with Gasteiger partial charge in [0, 0.05) is 19.3 Å². The molecular weight excluding hydrogens is 264 g/mol. The van der Waals surface area contributed by atoms with E-state index in [-0.39, 0.29) is 10.7 Å². The zero-order chi connectivity index (χ0) is 14.6. The molecule has 0 aliphatic rings. The number of hydrogen-bond donors (Lipinski definition) is 2. The molecule has 0 atom stereocenters. The number of nitrogen functional groups attached to an aromatic ring is 1. The lowest BCUT2D eigenvalue weighted by Gasteiger charge is -2.06. The van der Waals surface area contributed by atoms with E-state index in [1.807, 2.05) is 13.8 Å². The Bertz CT molecular complexity index is 520.